The van der Waals surface area contributed by atoms with Crippen LogP contribution in [0.1, 0.15) is 34.3 Å². The minimum atomic E-state index is -0.0430. The van der Waals surface area contributed by atoms with E-state index in [9.17, 15) is 9.59 Å². The zero-order valence-corrected chi connectivity index (χ0v) is 22.6. The Morgan fingerprint density at radius 3 is 2.67 bits per heavy atom. The maximum atomic E-state index is 13.2. The molecular weight excluding hydrogens is 494 g/mol. The summed E-state index contributed by atoms with van der Waals surface area (Å²) in [7, 11) is 1.79. The fraction of sp³-hybridized carbons (Fsp3) is 0.433. The van der Waals surface area contributed by atoms with Crippen molar-refractivity contribution >= 4 is 17.5 Å². The number of benzene rings is 2. The van der Waals surface area contributed by atoms with Gasteiger partial charge in [-0.05, 0) is 48.4 Å². The van der Waals surface area contributed by atoms with Crippen molar-refractivity contribution in [2.45, 2.75) is 25.8 Å². The first kappa shape index (κ1) is 26.7. The summed E-state index contributed by atoms with van der Waals surface area (Å²) in [4.78, 5) is 32.3. The average molecular weight is 532 g/mol. The lowest BCUT2D eigenvalue weighted by Crippen LogP contribution is -2.41. The number of likely N-dealkylation sites (N-methyl/N-ethyl adjacent to an activating group) is 1. The molecule has 3 aromatic rings. The molecule has 1 aromatic heterocycles. The van der Waals surface area contributed by atoms with Crippen LogP contribution in [-0.2, 0) is 22.5 Å². The van der Waals surface area contributed by atoms with Crippen LogP contribution in [0.5, 0.6) is 5.75 Å². The number of fused-ring (bicyclic) bond motifs is 3. The van der Waals surface area contributed by atoms with Crippen LogP contribution in [-0.4, -0.2) is 91.0 Å². The van der Waals surface area contributed by atoms with E-state index in [1.54, 1.807) is 18.1 Å². The van der Waals surface area contributed by atoms with E-state index < -0.39 is 0 Å². The van der Waals surface area contributed by atoms with E-state index in [4.69, 9.17) is 9.47 Å². The molecule has 2 aromatic carbocycles. The van der Waals surface area contributed by atoms with Crippen LogP contribution in [0.3, 0.4) is 0 Å². The molecule has 39 heavy (non-hydrogen) atoms. The Balaban J connectivity index is 1.36. The molecule has 9 heteroatoms. The summed E-state index contributed by atoms with van der Waals surface area (Å²) in [5, 5.41) is 4.22. The number of hydrogen-bond acceptors (Lipinski definition) is 6. The minimum Gasteiger partial charge on any atom is -0.491 e. The largest absolute Gasteiger partial charge is 0.491 e. The Bertz CT molecular complexity index is 1260. The van der Waals surface area contributed by atoms with Gasteiger partial charge in [-0.25, -0.2) is 0 Å². The smallest absolute Gasteiger partial charge is 0.253 e. The summed E-state index contributed by atoms with van der Waals surface area (Å²) < 4.78 is 13.7. The Morgan fingerprint density at radius 1 is 0.974 bits per heavy atom. The number of amides is 2. The van der Waals surface area contributed by atoms with Crippen molar-refractivity contribution in [1.29, 1.82) is 0 Å². The normalized spacial score (nSPS) is 16.8. The maximum absolute atomic E-state index is 13.2. The first-order chi connectivity index (χ1) is 19.1. The van der Waals surface area contributed by atoms with Gasteiger partial charge in [-0.15, -0.1) is 0 Å². The van der Waals surface area contributed by atoms with E-state index in [0.29, 0.717) is 57.6 Å². The molecule has 0 unspecified atom stereocenters. The van der Waals surface area contributed by atoms with Gasteiger partial charge in [0.1, 0.15) is 12.4 Å². The Morgan fingerprint density at radius 2 is 1.85 bits per heavy atom. The van der Waals surface area contributed by atoms with Gasteiger partial charge in [-0.3, -0.25) is 14.3 Å². The third kappa shape index (κ3) is 6.97. The molecule has 1 saturated heterocycles. The molecule has 0 atom stereocenters. The molecule has 2 bridgehead atoms. The second kappa shape index (κ2) is 12.8. The molecule has 2 aliphatic rings. The third-order valence-corrected chi connectivity index (χ3v) is 7.35. The summed E-state index contributed by atoms with van der Waals surface area (Å²) in [6, 6.07) is 16.0. The monoisotopic (exact) mass is 531 g/mol. The molecule has 2 aliphatic heterocycles. The van der Waals surface area contributed by atoms with E-state index in [0.717, 1.165) is 48.9 Å². The first-order valence-electron chi connectivity index (χ1n) is 13.7. The van der Waals surface area contributed by atoms with Crippen LogP contribution in [0, 0.1) is 0 Å². The van der Waals surface area contributed by atoms with E-state index in [1.165, 1.54) is 0 Å². The lowest BCUT2D eigenvalue weighted by Gasteiger charge is -2.30. The molecule has 0 radical (unpaired) electrons. The van der Waals surface area contributed by atoms with E-state index >= 15 is 0 Å². The van der Waals surface area contributed by atoms with Crippen molar-refractivity contribution in [2.75, 3.05) is 64.5 Å². The van der Waals surface area contributed by atoms with Gasteiger partial charge in [0.15, 0.2) is 0 Å². The van der Waals surface area contributed by atoms with Crippen LogP contribution in [0.4, 0.5) is 5.69 Å². The summed E-state index contributed by atoms with van der Waals surface area (Å²) in [5.41, 5.74) is 3.91. The van der Waals surface area contributed by atoms with Crippen LogP contribution < -0.4 is 9.64 Å². The number of carbonyl (C=O) groups is 2. The number of rotatable bonds is 5. The van der Waals surface area contributed by atoms with E-state index in [2.05, 4.69) is 28.2 Å². The van der Waals surface area contributed by atoms with Gasteiger partial charge in [-0.1, -0.05) is 12.1 Å². The SMILES string of the molecule is CN1CCN(C(=O)CCCn2cccn2)CCOc2ccc(N3CCOCC3)cc2Cc2cccc(c2)C1=O. The molecule has 2 amide bonds. The molecule has 0 saturated carbocycles. The van der Waals surface area contributed by atoms with Crippen molar-refractivity contribution in [3.63, 3.8) is 0 Å². The number of aryl methyl sites for hydroxylation is 1. The van der Waals surface area contributed by atoms with Crippen molar-refractivity contribution in [3.05, 3.63) is 77.6 Å². The topological polar surface area (TPSA) is 80.1 Å². The van der Waals surface area contributed by atoms with Crippen LogP contribution in [0.25, 0.3) is 0 Å². The fourth-order valence-electron chi connectivity index (χ4n) is 5.10. The van der Waals surface area contributed by atoms with Gasteiger partial charge >= 0.3 is 0 Å². The van der Waals surface area contributed by atoms with Crippen molar-refractivity contribution in [1.82, 2.24) is 19.6 Å². The number of ether oxygens (including phenoxy) is 2. The van der Waals surface area contributed by atoms with Crippen molar-refractivity contribution in [2.24, 2.45) is 0 Å². The summed E-state index contributed by atoms with van der Waals surface area (Å²) in [5.74, 6) is 0.825. The predicted molar refractivity (Wildman–Crippen MR) is 149 cm³/mol. The van der Waals surface area contributed by atoms with Crippen LogP contribution in [0.2, 0.25) is 0 Å². The number of nitrogens with zero attached hydrogens (tertiary/aromatic N) is 5. The molecule has 0 aliphatic carbocycles. The Labute approximate surface area is 229 Å². The standard InChI is InChI=1S/C30H37N5O4/c1-32-13-14-34(29(36)7-3-11-35-12-4-10-31-35)17-20-39-28-9-8-27(33-15-18-38-19-16-33)23-26(28)22-24-5-2-6-25(21-24)30(32)37/h2,4-6,8-10,12,21,23H,3,7,11,13-20,22H2,1H3. The second-order valence-corrected chi connectivity index (χ2v) is 10.1. The molecule has 1 fully saturated rings. The molecule has 0 N–H and O–H groups in total. The number of morpholine rings is 1. The molecule has 5 rings (SSSR count). The zero-order chi connectivity index (χ0) is 27.0. The van der Waals surface area contributed by atoms with Gasteiger partial charge in [0.05, 0.1) is 19.8 Å². The van der Waals surface area contributed by atoms with Crippen LogP contribution in [0.15, 0.2) is 60.9 Å². The fourth-order valence-corrected chi connectivity index (χ4v) is 5.10. The van der Waals surface area contributed by atoms with Gasteiger partial charge in [0, 0.05) is 81.8 Å². The molecule has 0 spiro atoms. The summed E-state index contributed by atoms with van der Waals surface area (Å²) in [6.45, 7) is 5.58. The maximum Gasteiger partial charge on any atom is 0.253 e. The van der Waals surface area contributed by atoms with Gasteiger partial charge in [0.2, 0.25) is 5.91 Å². The molecular formula is C30H37N5O4. The van der Waals surface area contributed by atoms with E-state index in [-0.39, 0.29) is 11.8 Å². The van der Waals surface area contributed by atoms with Crippen LogP contribution >= 0.6 is 0 Å². The second-order valence-electron chi connectivity index (χ2n) is 10.1. The quantitative estimate of drug-likeness (QED) is 0.504. The Hall–Kier alpha value is -3.85. The number of hydrogen-bond donors (Lipinski definition) is 0. The van der Waals surface area contributed by atoms with Crippen molar-refractivity contribution < 1.29 is 19.1 Å². The Kier molecular flexibility index (Phi) is 8.78. The number of carbonyl (C=O) groups excluding carboxylic acids is 2. The highest BCUT2D eigenvalue weighted by atomic mass is 16.5. The lowest BCUT2D eigenvalue weighted by molar-refractivity contribution is -0.131. The first-order valence-corrected chi connectivity index (χ1v) is 13.7. The number of aromatic nitrogens is 2. The summed E-state index contributed by atoms with van der Waals surface area (Å²) in [6.07, 6.45) is 5.41. The highest BCUT2D eigenvalue weighted by Crippen LogP contribution is 2.28. The predicted octanol–water partition coefficient (Wildman–Crippen LogP) is 3.08. The highest BCUT2D eigenvalue weighted by Gasteiger charge is 2.20. The zero-order valence-electron chi connectivity index (χ0n) is 22.6. The molecule has 206 valence electrons. The lowest BCUT2D eigenvalue weighted by atomic mass is 10.0. The minimum absolute atomic E-state index is 0.0430. The third-order valence-electron chi connectivity index (χ3n) is 7.35. The molecule has 3 heterocycles. The van der Waals surface area contributed by atoms with Crippen molar-refractivity contribution in [3.8, 4) is 5.75 Å². The van der Waals surface area contributed by atoms with E-state index in [1.807, 2.05) is 46.1 Å². The summed E-state index contributed by atoms with van der Waals surface area (Å²) >= 11 is 0. The van der Waals surface area contributed by atoms with Gasteiger partial charge in [-0.2, -0.15) is 5.10 Å². The van der Waals surface area contributed by atoms with Gasteiger partial charge < -0.3 is 24.2 Å². The average Bonchev–Trinajstić information content (AvgIpc) is 3.48. The molecule has 9 nitrogen and oxygen atoms in total. The highest BCUT2D eigenvalue weighted by molar-refractivity contribution is 5.94. The number of anilines is 1. The van der Waals surface area contributed by atoms with Gasteiger partial charge in [0.25, 0.3) is 5.91 Å².